The average molecular weight is 258 g/mol. The molecule has 1 saturated heterocycles. The van der Waals surface area contributed by atoms with Gasteiger partial charge in [-0.25, -0.2) is 0 Å². The first kappa shape index (κ1) is 11.7. The number of nitrogens with zero attached hydrogens (tertiary/aromatic N) is 2. The van der Waals surface area contributed by atoms with E-state index in [0.717, 1.165) is 12.1 Å². The van der Waals surface area contributed by atoms with Crippen LogP contribution < -0.4 is 10.6 Å². The molecule has 6 nitrogen and oxygen atoms in total. The summed E-state index contributed by atoms with van der Waals surface area (Å²) < 4.78 is 5.16. The van der Waals surface area contributed by atoms with Crippen molar-refractivity contribution in [3.05, 3.63) is 36.2 Å². The fourth-order valence-corrected chi connectivity index (χ4v) is 2.05. The lowest BCUT2D eigenvalue weighted by atomic mass is 9.99. The van der Waals surface area contributed by atoms with E-state index in [1.165, 1.54) is 0 Å². The van der Waals surface area contributed by atoms with Crippen LogP contribution in [0.25, 0.3) is 0 Å². The minimum absolute atomic E-state index is 0.0855. The molecular weight excluding hydrogens is 244 g/mol. The van der Waals surface area contributed by atoms with Gasteiger partial charge in [-0.3, -0.25) is 4.79 Å². The summed E-state index contributed by atoms with van der Waals surface area (Å²) in [7, 11) is 0. The molecule has 19 heavy (non-hydrogen) atoms. The number of benzene rings is 1. The Hall–Kier alpha value is -2.37. The number of rotatable bonds is 3. The Labute approximate surface area is 110 Å². The van der Waals surface area contributed by atoms with Crippen LogP contribution in [0.3, 0.4) is 0 Å². The smallest absolute Gasteiger partial charge is 0.325 e. The first-order valence-corrected chi connectivity index (χ1v) is 6.23. The van der Waals surface area contributed by atoms with Gasteiger partial charge in [-0.15, -0.1) is 0 Å². The third-order valence-electron chi connectivity index (χ3n) is 3.10. The molecule has 6 heteroatoms. The van der Waals surface area contributed by atoms with Crippen molar-refractivity contribution >= 4 is 17.6 Å². The van der Waals surface area contributed by atoms with Gasteiger partial charge in [0.15, 0.2) is 5.82 Å². The van der Waals surface area contributed by atoms with Gasteiger partial charge < -0.3 is 15.2 Å². The van der Waals surface area contributed by atoms with Crippen molar-refractivity contribution in [2.45, 2.75) is 18.8 Å². The first-order valence-electron chi connectivity index (χ1n) is 6.23. The van der Waals surface area contributed by atoms with Crippen LogP contribution in [0.5, 0.6) is 0 Å². The van der Waals surface area contributed by atoms with Crippen molar-refractivity contribution in [2.24, 2.45) is 0 Å². The maximum atomic E-state index is 11.1. The second kappa shape index (κ2) is 5.09. The van der Waals surface area contributed by atoms with Crippen LogP contribution in [0.1, 0.15) is 24.6 Å². The van der Waals surface area contributed by atoms with Crippen molar-refractivity contribution in [1.29, 1.82) is 0 Å². The Morgan fingerprint density at radius 3 is 2.89 bits per heavy atom. The Morgan fingerprint density at radius 1 is 1.32 bits per heavy atom. The lowest BCUT2D eigenvalue weighted by Gasteiger charge is -2.18. The number of carbonyl (C=O) groups excluding carboxylic acids is 1. The van der Waals surface area contributed by atoms with Gasteiger partial charge in [-0.05, 0) is 18.6 Å². The zero-order chi connectivity index (χ0) is 13.1. The zero-order valence-corrected chi connectivity index (χ0v) is 10.3. The van der Waals surface area contributed by atoms with Gasteiger partial charge in [-0.2, -0.15) is 4.98 Å². The van der Waals surface area contributed by atoms with Crippen molar-refractivity contribution in [2.75, 3.05) is 11.9 Å². The van der Waals surface area contributed by atoms with E-state index >= 15 is 0 Å². The fraction of sp³-hybridized carbons (Fsp3) is 0.308. The average Bonchev–Trinajstić information content (AvgIpc) is 2.89. The standard InChI is InChI=1S/C13H14N4O2/c18-11-7-6-9(8-14-11)12-16-13(19-17-12)15-10-4-2-1-3-5-10/h1-5,9H,6-8H2,(H,14,18)(H,15,16,17). The van der Waals surface area contributed by atoms with E-state index in [4.69, 9.17) is 4.52 Å². The van der Waals surface area contributed by atoms with Crippen LogP contribution in [0, 0.1) is 0 Å². The number of hydrogen-bond acceptors (Lipinski definition) is 5. The summed E-state index contributed by atoms with van der Waals surface area (Å²) in [4.78, 5) is 15.4. The van der Waals surface area contributed by atoms with E-state index in [0.29, 0.717) is 24.8 Å². The molecule has 1 aromatic carbocycles. The van der Waals surface area contributed by atoms with E-state index in [-0.39, 0.29) is 11.8 Å². The molecule has 2 aromatic rings. The van der Waals surface area contributed by atoms with Crippen LogP contribution in [0.15, 0.2) is 34.9 Å². The molecule has 0 bridgehead atoms. The highest BCUT2D eigenvalue weighted by Gasteiger charge is 2.24. The van der Waals surface area contributed by atoms with Crippen molar-refractivity contribution < 1.29 is 9.32 Å². The minimum atomic E-state index is 0.0855. The highest BCUT2D eigenvalue weighted by molar-refractivity contribution is 5.76. The van der Waals surface area contributed by atoms with Crippen LogP contribution in [-0.2, 0) is 4.79 Å². The highest BCUT2D eigenvalue weighted by atomic mass is 16.5. The highest BCUT2D eigenvalue weighted by Crippen LogP contribution is 2.23. The second-order valence-electron chi connectivity index (χ2n) is 4.49. The Balaban J connectivity index is 1.68. The van der Waals surface area contributed by atoms with Gasteiger partial charge in [-0.1, -0.05) is 23.4 Å². The quantitative estimate of drug-likeness (QED) is 0.877. The SMILES string of the molecule is O=C1CCC(c2noc(Nc3ccccc3)n2)CN1. The summed E-state index contributed by atoms with van der Waals surface area (Å²) in [5.41, 5.74) is 0.898. The number of nitrogens with one attached hydrogen (secondary N) is 2. The summed E-state index contributed by atoms with van der Waals surface area (Å²) in [6, 6.07) is 10.0. The van der Waals surface area contributed by atoms with Crippen molar-refractivity contribution in [1.82, 2.24) is 15.5 Å². The summed E-state index contributed by atoms with van der Waals surface area (Å²) in [5.74, 6) is 0.855. The number of para-hydroxylation sites is 1. The number of anilines is 2. The van der Waals surface area contributed by atoms with E-state index in [9.17, 15) is 4.79 Å². The van der Waals surface area contributed by atoms with Gasteiger partial charge in [0.1, 0.15) is 0 Å². The molecule has 0 aliphatic carbocycles. The zero-order valence-electron chi connectivity index (χ0n) is 10.3. The molecule has 1 atom stereocenters. The Kier molecular flexibility index (Phi) is 3.14. The van der Waals surface area contributed by atoms with Crippen LogP contribution >= 0.6 is 0 Å². The largest absolute Gasteiger partial charge is 0.355 e. The Morgan fingerprint density at radius 2 is 2.16 bits per heavy atom. The molecule has 1 unspecified atom stereocenters. The second-order valence-corrected chi connectivity index (χ2v) is 4.49. The van der Waals surface area contributed by atoms with Gasteiger partial charge in [0, 0.05) is 24.6 Å². The summed E-state index contributed by atoms with van der Waals surface area (Å²) in [6.45, 7) is 0.573. The minimum Gasteiger partial charge on any atom is -0.355 e. The van der Waals surface area contributed by atoms with Crippen molar-refractivity contribution in [3.63, 3.8) is 0 Å². The van der Waals surface area contributed by atoms with E-state index in [1.807, 2.05) is 30.3 Å². The number of carbonyl (C=O) groups is 1. The van der Waals surface area contributed by atoms with Gasteiger partial charge in [0.25, 0.3) is 0 Å². The van der Waals surface area contributed by atoms with Crippen molar-refractivity contribution in [3.8, 4) is 0 Å². The predicted molar refractivity (Wildman–Crippen MR) is 69.0 cm³/mol. The molecule has 1 amide bonds. The third-order valence-corrected chi connectivity index (χ3v) is 3.10. The summed E-state index contributed by atoms with van der Waals surface area (Å²) >= 11 is 0. The van der Waals surface area contributed by atoms with E-state index in [1.54, 1.807) is 0 Å². The molecule has 98 valence electrons. The Bertz CT molecular complexity index is 557. The molecule has 2 N–H and O–H groups in total. The molecule has 0 spiro atoms. The molecule has 2 heterocycles. The lowest BCUT2D eigenvalue weighted by molar-refractivity contribution is -0.122. The summed E-state index contributed by atoms with van der Waals surface area (Å²) in [5, 5.41) is 9.81. The topological polar surface area (TPSA) is 80.1 Å². The van der Waals surface area contributed by atoms with Gasteiger partial charge >= 0.3 is 6.01 Å². The maximum Gasteiger partial charge on any atom is 0.325 e. The molecule has 0 saturated carbocycles. The number of aromatic nitrogens is 2. The van der Waals surface area contributed by atoms with Crippen LogP contribution in [0.4, 0.5) is 11.7 Å². The van der Waals surface area contributed by atoms with E-state index in [2.05, 4.69) is 20.8 Å². The number of piperidine rings is 1. The normalized spacial score (nSPS) is 18.9. The fourth-order valence-electron chi connectivity index (χ4n) is 2.05. The third kappa shape index (κ3) is 2.73. The van der Waals surface area contributed by atoms with Gasteiger partial charge in [0.05, 0.1) is 0 Å². The molecule has 1 aliphatic rings. The monoisotopic (exact) mass is 258 g/mol. The molecule has 1 aromatic heterocycles. The van der Waals surface area contributed by atoms with Gasteiger partial charge in [0.2, 0.25) is 5.91 Å². The van der Waals surface area contributed by atoms with E-state index < -0.39 is 0 Å². The molecule has 1 fully saturated rings. The van der Waals surface area contributed by atoms with Crippen LogP contribution in [-0.4, -0.2) is 22.6 Å². The molecule has 1 aliphatic heterocycles. The number of amides is 1. The maximum absolute atomic E-state index is 11.1. The van der Waals surface area contributed by atoms with Crippen LogP contribution in [0.2, 0.25) is 0 Å². The molecule has 3 rings (SSSR count). The number of hydrogen-bond donors (Lipinski definition) is 2. The first-order chi connectivity index (χ1) is 9.31. The lowest BCUT2D eigenvalue weighted by Crippen LogP contribution is -2.34. The molecule has 0 radical (unpaired) electrons. The summed E-state index contributed by atoms with van der Waals surface area (Å²) in [6.07, 6.45) is 1.27. The predicted octanol–water partition coefficient (Wildman–Crippen LogP) is 1.81. The molecular formula is C13H14N4O2.